The van der Waals surface area contributed by atoms with Crippen LogP contribution in [-0.4, -0.2) is 39.0 Å². The van der Waals surface area contributed by atoms with Crippen molar-refractivity contribution in [1.82, 2.24) is 9.62 Å². The van der Waals surface area contributed by atoms with E-state index >= 15 is 0 Å². The molecule has 1 aliphatic carbocycles. The van der Waals surface area contributed by atoms with Crippen LogP contribution in [0.5, 0.6) is 0 Å². The summed E-state index contributed by atoms with van der Waals surface area (Å²) in [7, 11) is -3.41. The molecule has 2 fully saturated rings. The minimum Gasteiger partial charge on any atom is -0.303 e. The molecule has 2 aliphatic rings. The minimum absolute atomic E-state index is 0.0644. The van der Waals surface area contributed by atoms with Crippen LogP contribution in [0.25, 0.3) is 0 Å². The van der Waals surface area contributed by atoms with Crippen LogP contribution in [0, 0.1) is 5.92 Å². The predicted molar refractivity (Wildman–Crippen MR) is 102 cm³/mol. The molecule has 1 aliphatic heterocycles. The number of rotatable bonds is 6. The molecule has 25 heavy (non-hydrogen) atoms. The Bertz CT molecular complexity index is 641. The van der Waals surface area contributed by atoms with Crippen molar-refractivity contribution in [2.24, 2.45) is 5.92 Å². The van der Waals surface area contributed by atoms with E-state index in [2.05, 4.69) is 23.5 Å². The third-order valence-electron chi connectivity index (χ3n) is 5.76. The second-order valence-corrected chi connectivity index (χ2v) is 9.78. The third kappa shape index (κ3) is 5.05. The number of piperidine rings is 1. The van der Waals surface area contributed by atoms with Crippen molar-refractivity contribution in [2.45, 2.75) is 69.2 Å². The third-order valence-corrected chi connectivity index (χ3v) is 7.29. The summed E-state index contributed by atoms with van der Waals surface area (Å²) in [5, 5.41) is 0. The molecule has 1 heterocycles. The number of nitrogens with zero attached hydrogens (tertiary/aromatic N) is 1. The lowest BCUT2D eigenvalue weighted by atomic mass is 10.0. The normalized spacial score (nSPS) is 21.2. The standard InChI is InChI=1S/C20H32N2O2S/c1-16(2)18-7-9-20(10-8-18)25(23,24)21-19-11-13-22(14-12-19)15-17-5-3-4-6-17/h7-10,16-17,19,21H,3-6,11-15H2,1-2H3. The Morgan fingerprint density at radius 3 is 2.20 bits per heavy atom. The molecule has 0 amide bonds. The van der Waals surface area contributed by atoms with Crippen molar-refractivity contribution < 1.29 is 8.42 Å². The monoisotopic (exact) mass is 364 g/mol. The Labute approximate surface area is 153 Å². The highest BCUT2D eigenvalue weighted by atomic mass is 32.2. The van der Waals surface area contributed by atoms with E-state index in [1.807, 2.05) is 12.1 Å². The molecule has 3 rings (SSSR count). The van der Waals surface area contributed by atoms with Crippen LogP contribution in [0.15, 0.2) is 29.2 Å². The highest BCUT2D eigenvalue weighted by molar-refractivity contribution is 7.89. The fourth-order valence-electron chi connectivity index (χ4n) is 4.11. The molecule has 140 valence electrons. The zero-order chi connectivity index (χ0) is 17.9. The van der Waals surface area contributed by atoms with E-state index in [1.165, 1.54) is 37.8 Å². The Morgan fingerprint density at radius 1 is 1.04 bits per heavy atom. The molecule has 0 atom stereocenters. The van der Waals surface area contributed by atoms with E-state index in [9.17, 15) is 8.42 Å². The van der Waals surface area contributed by atoms with Gasteiger partial charge in [-0.25, -0.2) is 13.1 Å². The van der Waals surface area contributed by atoms with Crippen LogP contribution >= 0.6 is 0 Å². The number of nitrogens with one attached hydrogen (secondary N) is 1. The average Bonchev–Trinajstić information content (AvgIpc) is 3.09. The first kappa shape index (κ1) is 18.9. The zero-order valence-electron chi connectivity index (χ0n) is 15.6. The summed E-state index contributed by atoms with van der Waals surface area (Å²) in [5.41, 5.74) is 1.17. The molecule has 1 N–H and O–H groups in total. The number of hydrogen-bond acceptors (Lipinski definition) is 3. The second-order valence-electron chi connectivity index (χ2n) is 8.07. The van der Waals surface area contributed by atoms with Crippen LogP contribution in [0.4, 0.5) is 0 Å². The van der Waals surface area contributed by atoms with E-state index in [0.717, 1.165) is 31.8 Å². The summed E-state index contributed by atoms with van der Waals surface area (Å²) in [4.78, 5) is 2.91. The number of sulfonamides is 1. The van der Waals surface area contributed by atoms with Gasteiger partial charge in [-0.05, 0) is 68.3 Å². The second kappa shape index (κ2) is 8.19. The number of likely N-dealkylation sites (tertiary alicyclic amines) is 1. The molecule has 0 radical (unpaired) electrons. The summed E-state index contributed by atoms with van der Waals surface area (Å²) in [6.45, 7) is 7.45. The topological polar surface area (TPSA) is 49.4 Å². The Hall–Kier alpha value is -0.910. The summed E-state index contributed by atoms with van der Waals surface area (Å²) in [6, 6.07) is 7.36. The van der Waals surface area contributed by atoms with Gasteiger partial charge in [0, 0.05) is 12.6 Å². The SMILES string of the molecule is CC(C)c1ccc(S(=O)(=O)NC2CCN(CC3CCCC3)CC2)cc1. The highest BCUT2D eigenvalue weighted by Crippen LogP contribution is 2.26. The lowest BCUT2D eigenvalue weighted by molar-refractivity contribution is 0.180. The predicted octanol–water partition coefficient (Wildman–Crippen LogP) is 3.74. The summed E-state index contributed by atoms with van der Waals surface area (Å²) in [6.07, 6.45) is 7.34. The summed E-state index contributed by atoms with van der Waals surface area (Å²) < 4.78 is 28.2. The van der Waals surface area contributed by atoms with E-state index in [4.69, 9.17) is 0 Å². The van der Waals surface area contributed by atoms with Crippen molar-refractivity contribution in [1.29, 1.82) is 0 Å². The maximum atomic E-state index is 12.6. The lowest BCUT2D eigenvalue weighted by Crippen LogP contribution is -2.45. The Morgan fingerprint density at radius 2 is 1.64 bits per heavy atom. The van der Waals surface area contributed by atoms with Gasteiger partial charge in [-0.15, -0.1) is 0 Å². The maximum absolute atomic E-state index is 12.6. The van der Waals surface area contributed by atoms with Gasteiger partial charge in [-0.3, -0.25) is 0 Å². The van der Waals surface area contributed by atoms with Gasteiger partial charge in [0.05, 0.1) is 4.90 Å². The summed E-state index contributed by atoms with van der Waals surface area (Å²) in [5.74, 6) is 1.28. The first-order chi connectivity index (χ1) is 11.9. The molecule has 1 aromatic carbocycles. The van der Waals surface area contributed by atoms with Crippen molar-refractivity contribution in [3.05, 3.63) is 29.8 Å². The van der Waals surface area contributed by atoms with Gasteiger partial charge in [-0.1, -0.05) is 38.8 Å². The molecule has 4 nitrogen and oxygen atoms in total. The molecule has 0 aromatic heterocycles. The number of benzene rings is 1. The molecule has 0 unspecified atom stereocenters. The number of hydrogen-bond donors (Lipinski definition) is 1. The van der Waals surface area contributed by atoms with Gasteiger partial charge >= 0.3 is 0 Å². The highest BCUT2D eigenvalue weighted by Gasteiger charge is 2.26. The van der Waals surface area contributed by atoms with Crippen molar-refractivity contribution in [3.8, 4) is 0 Å². The molecule has 0 spiro atoms. The maximum Gasteiger partial charge on any atom is 0.240 e. The van der Waals surface area contributed by atoms with E-state index in [1.54, 1.807) is 12.1 Å². The quantitative estimate of drug-likeness (QED) is 0.836. The molecule has 1 aromatic rings. The Balaban J connectivity index is 1.51. The van der Waals surface area contributed by atoms with Gasteiger partial charge < -0.3 is 4.90 Å². The van der Waals surface area contributed by atoms with Crippen molar-refractivity contribution in [3.63, 3.8) is 0 Å². The molecule has 5 heteroatoms. The largest absolute Gasteiger partial charge is 0.303 e. The van der Waals surface area contributed by atoms with E-state index in [0.29, 0.717) is 10.8 Å². The van der Waals surface area contributed by atoms with Gasteiger partial charge in [0.2, 0.25) is 10.0 Å². The molecule has 1 saturated carbocycles. The first-order valence-corrected chi connectivity index (χ1v) is 11.3. The fraction of sp³-hybridized carbons (Fsp3) is 0.700. The first-order valence-electron chi connectivity index (χ1n) is 9.78. The minimum atomic E-state index is -3.41. The van der Waals surface area contributed by atoms with Crippen molar-refractivity contribution in [2.75, 3.05) is 19.6 Å². The van der Waals surface area contributed by atoms with Gasteiger partial charge in [-0.2, -0.15) is 0 Å². The fourth-order valence-corrected chi connectivity index (χ4v) is 5.42. The average molecular weight is 365 g/mol. The van der Waals surface area contributed by atoms with E-state index in [-0.39, 0.29) is 6.04 Å². The molecular weight excluding hydrogens is 332 g/mol. The van der Waals surface area contributed by atoms with E-state index < -0.39 is 10.0 Å². The van der Waals surface area contributed by atoms with Crippen LogP contribution in [0.3, 0.4) is 0 Å². The van der Waals surface area contributed by atoms with Crippen LogP contribution in [-0.2, 0) is 10.0 Å². The zero-order valence-corrected chi connectivity index (χ0v) is 16.4. The molecule has 1 saturated heterocycles. The van der Waals surface area contributed by atoms with Gasteiger partial charge in [0.15, 0.2) is 0 Å². The van der Waals surface area contributed by atoms with Crippen molar-refractivity contribution >= 4 is 10.0 Å². The smallest absolute Gasteiger partial charge is 0.240 e. The van der Waals surface area contributed by atoms with Crippen LogP contribution < -0.4 is 4.72 Å². The molecular formula is C20H32N2O2S. The molecule has 0 bridgehead atoms. The van der Waals surface area contributed by atoms with Crippen LogP contribution in [0.2, 0.25) is 0 Å². The lowest BCUT2D eigenvalue weighted by Gasteiger charge is -2.33. The Kier molecular flexibility index (Phi) is 6.18. The van der Waals surface area contributed by atoms with Crippen LogP contribution in [0.1, 0.15) is 63.9 Å². The van der Waals surface area contributed by atoms with Gasteiger partial charge in [0.25, 0.3) is 0 Å². The van der Waals surface area contributed by atoms with Gasteiger partial charge in [0.1, 0.15) is 0 Å². The summed E-state index contributed by atoms with van der Waals surface area (Å²) >= 11 is 0.